The number of carboxylic acid groups (broad SMARTS) is 1. The van der Waals surface area contributed by atoms with Gasteiger partial charge < -0.3 is 14.6 Å². The van der Waals surface area contributed by atoms with Crippen molar-refractivity contribution in [1.82, 2.24) is 9.47 Å². The summed E-state index contributed by atoms with van der Waals surface area (Å²) in [7, 11) is 0. The van der Waals surface area contributed by atoms with Gasteiger partial charge in [0.1, 0.15) is 0 Å². The number of fused-ring (bicyclic) bond motifs is 1. The van der Waals surface area contributed by atoms with Crippen molar-refractivity contribution >= 4 is 22.8 Å². The molecule has 116 valence electrons. The van der Waals surface area contributed by atoms with Gasteiger partial charge in [0, 0.05) is 36.7 Å². The van der Waals surface area contributed by atoms with Gasteiger partial charge in [-0.15, -0.1) is 0 Å². The monoisotopic (exact) mass is 300 g/mol. The van der Waals surface area contributed by atoms with Gasteiger partial charge in [0.05, 0.1) is 11.5 Å². The molecule has 1 amide bonds. The van der Waals surface area contributed by atoms with Crippen molar-refractivity contribution in [2.24, 2.45) is 11.8 Å². The minimum Gasteiger partial charge on any atom is -0.481 e. The fraction of sp³-hybridized carbons (Fsp3) is 0.412. The Morgan fingerprint density at radius 1 is 1.27 bits per heavy atom. The van der Waals surface area contributed by atoms with Crippen molar-refractivity contribution in [1.29, 1.82) is 0 Å². The number of hydrogen-bond donors (Lipinski definition) is 1. The molecule has 5 nitrogen and oxygen atoms in total. The first-order chi connectivity index (χ1) is 10.5. The van der Waals surface area contributed by atoms with Gasteiger partial charge in [0.2, 0.25) is 0 Å². The second kappa shape index (κ2) is 5.48. The molecule has 0 saturated carbocycles. The summed E-state index contributed by atoms with van der Waals surface area (Å²) < 4.78 is 2.05. The number of para-hydroxylation sites is 1. The fourth-order valence-corrected chi connectivity index (χ4v) is 3.30. The van der Waals surface area contributed by atoms with E-state index in [4.69, 9.17) is 0 Å². The van der Waals surface area contributed by atoms with E-state index in [0.717, 1.165) is 17.4 Å². The highest BCUT2D eigenvalue weighted by atomic mass is 16.4. The van der Waals surface area contributed by atoms with E-state index in [1.807, 2.05) is 44.3 Å². The van der Waals surface area contributed by atoms with Gasteiger partial charge in [-0.2, -0.15) is 0 Å². The zero-order valence-corrected chi connectivity index (χ0v) is 12.8. The summed E-state index contributed by atoms with van der Waals surface area (Å²) >= 11 is 0. The second-order valence-corrected chi connectivity index (χ2v) is 5.98. The topological polar surface area (TPSA) is 62.5 Å². The molecule has 2 atom stereocenters. The molecule has 0 spiro atoms. The predicted molar refractivity (Wildman–Crippen MR) is 83.8 cm³/mol. The van der Waals surface area contributed by atoms with Gasteiger partial charge in [-0.1, -0.05) is 25.1 Å². The summed E-state index contributed by atoms with van der Waals surface area (Å²) in [6, 6.07) is 7.83. The molecule has 3 rings (SSSR count). The van der Waals surface area contributed by atoms with Crippen LogP contribution in [-0.2, 0) is 11.3 Å². The number of nitrogens with zero attached hydrogens (tertiary/aromatic N) is 2. The normalized spacial score (nSPS) is 21.5. The number of carboxylic acids is 1. The van der Waals surface area contributed by atoms with E-state index in [1.54, 1.807) is 4.90 Å². The summed E-state index contributed by atoms with van der Waals surface area (Å²) in [6.45, 7) is 5.52. The third-order valence-corrected chi connectivity index (χ3v) is 4.58. The van der Waals surface area contributed by atoms with Crippen LogP contribution in [0.3, 0.4) is 0 Å². The number of benzene rings is 1. The standard InChI is InChI=1S/C17H20N2O3/c1-3-18-10-14(12-6-4-5-7-15(12)18)16(20)19-8-11(2)13(9-19)17(21)22/h4-7,10-11,13H,3,8-9H2,1-2H3,(H,21,22)/t11-,13-/m1/s1. The number of hydrogen-bond acceptors (Lipinski definition) is 2. The minimum atomic E-state index is -0.821. The maximum Gasteiger partial charge on any atom is 0.308 e. The molecule has 1 aliphatic rings. The molecule has 0 unspecified atom stereocenters. The Morgan fingerprint density at radius 2 is 2.00 bits per heavy atom. The smallest absolute Gasteiger partial charge is 0.308 e. The number of aromatic nitrogens is 1. The average Bonchev–Trinajstić information content (AvgIpc) is 3.07. The molecule has 1 aliphatic heterocycles. The van der Waals surface area contributed by atoms with E-state index in [-0.39, 0.29) is 11.8 Å². The SMILES string of the molecule is CCn1cc(C(=O)N2C[C@@H](C)[C@H](C(=O)O)C2)c2ccccc21. The van der Waals surface area contributed by atoms with Crippen LogP contribution in [0, 0.1) is 11.8 Å². The van der Waals surface area contributed by atoms with Gasteiger partial charge in [-0.3, -0.25) is 9.59 Å². The van der Waals surface area contributed by atoms with Crippen molar-refractivity contribution in [2.45, 2.75) is 20.4 Å². The van der Waals surface area contributed by atoms with E-state index in [9.17, 15) is 14.7 Å². The zero-order valence-electron chi connectivity index (χ0n) is 12.8. The van der Waals surface area contributed by atoms with Crippen molar-refractivity contribution in [3.05, 3.63) is 36.0 Å². The Kier molecular flexibility index (Phi) is 3.64. The molecule has 0 radical (unpaired) electrons. The van der Waals surface area contributed by atoms with Crippen LogP contribution < -0.4 is 0 Å². The predicted octanol–water partition coefficient (Wildman–Crippen LogP) is 2.45. The lowest BCUT2D eigenvalue weighted by Gasteiger charge is -2.15. The van der Waals surface area contributed by atoms with Crippen molar-refractivity contribution in [2.75, 3.05) is 13.1 Å². The quantitative estimate of drug-likeness (QED) is 0.947. The number of amides is 1. The Labute approximate surface area is 129 Å². The van der Waals surface area contributed by atoms with Crippen molar-refractivity contribution in [3.63, 3.8) is 0 Å². The minimum absolute atomic E-state index is 0.0130. The lowest BCUT2D eigenvalue weighted by Crippen LogP contribution is -2.29. The van der Waals surface area contributed by atoms with Crippen LogP contribution in [0.2, 0.25) is 0 Å². The Morgan fingerprint density at radius 3 is 2.64 bits per heavy atom. The van der Waals surface area contributed by atoms with Crippen LogP contribution in [0.4, 0.5) is 0 Å². The molecule has 1 fully saturated rings. The number of likely N-dealkylation sites (tertiary alicyclic amines) is 1. The maximum absolute atomic E-state index is 12.8. The maximum atomic E-state index is 12.8. The number of rotatable bonds is 3. The van der Waals surface area contributed by atoms with E-state index in [0.29, 0.717) is 18.7 Å². The van der Waals surface area contributed by atoms with E-state index >= 15 is 0 Å². The summed E-state index contributed by atoms with van der Waals surface area (Å²) in [5.74, 6) is -1.37. The zero-order chi connectivity index (χ0) is 15.9. The Balaban J connectivity index is 1.95. The molecule has 5 heteroatoms. The third kappa shape index (κ3) is 2.26. The van der Waals surface area contributed by atoms with E-state index < -0.39 is 11.9 Å². The van der Waals surface area contributed by atoms with Gasteiger partial charge in [0.15, 0.2) is 0 Å². The lowest BCUT2D eigenvalue weighted by molar-refractivity contribution is -0.142. The van der Waals surface area contributed by atoms with Crippen LogP contribution in [-0.4, -0.2) is 39.5 Å². The molecule has 1 saturated heterocycles. The van der Waals surface area contributed by atoms with Crippen molar-refractivity contribution in [3.8, 4) is 0 Å². The van der Waals surface area contributed by atoms with E-state index in [1.165, 1.54) is 0 Å². The third-order valence-electron chi connectivity index (χ3n) is 4.58. The Hall–Kier alpha value is -2.30. The van der Waals surface area contributed by atoms with Crippen LogP contribution in [0.25, 0.3) is 10.9 Å². The van der Waals surface area contributed by atoms with Gasteiger partial charge in [0.25, 0.3) is 5.91 Å². The number of carbonyl (C=O) groups is 2. The number of aryl methyl sites for hydroxylation is 1. The van der Waals surface area contributed by atoms with Crippen LogP contribution in [0.15, 0.2) is 30.5 Å². The van der Waals surface area contributed by atoms with E-state index in [2.05, 4.69) is 4.57 Å². The Bertz CT molecular complexity index is 735. The summed E-state index contributed by atoms with van der Waals surface area (Å²) in [5, 5.41) is 10.2. The van der Waals surface area contributed by atoms with Crippen LogP contribution >= 0.6 is 0 Å². The van der Waals surface area contributed by atoms with Crippen LogP contribution in [0.1, 0.15) is 24.2 Å². The lowest BCUT2D eigenvalue weighted by atomic mass is 9.99. The van der Waals surface area contributed by atoms with Gasteiger partial charge in [-0.25, -0.2) is 0 Å². The number of aliphatic carboxylic acids is 1. The molecule has 1 N–H and O–H groups in total. The van der Waals surface area contributed by atoms with Crippen LogP contribution in [0.5, 0.6) is 0 Å². The number of carbonyl (C=O) groups excluding carboxylic acids is 1. The largest absolute Gasteiger partial charge is 0.481 e. The molecule has 22 heavy (non-hydrogen) atoms. The molecule has 1 aromatic heterocycles. The molecule has 2 heterocycles. The average molecular weight is 300 g/mol. The first-order valence-electron chi connectivity index (χ1n) is 7.62. The fourth-order valence-electron chi connectivity index (χ4n) is 3.30. The highest BCUT2D eigenvalue weighted by Gasteiger charge is 2.37. The first kappa shape index (κ1) is 14.6. The summed E-state index contributed by atoms with van der Waals surface area (Å²) in [4.78, 5) is 25.7. The summed E-state index contributed by atoms with van der Waals surface area (Å²) in [6.07, 6.45) is 1.88. The molecular formula is C17H20N2O3. The molecule has 1 aromatic carbocycles. The molecular weight excluding hydrogens is 280 g/mol. The summed E-state index contributed by atoms with van der Waals surface area (Å²) in [5.41, 5.74) is 1.70. The molecule has 0 bridgehead atoms. The molecule has 2 aromatic rings. The molecule has 0 aliphatic carbocycles. The highest BCUT2D eigenvalue weighted by molar-refractivity contribution is 6.07. The van der Waals surface area contributed by atoms with Gasteiger partial charge in [-0.05, 0) is 18.9 Å². The van der Waals surface area contributed by atoms with Crippen molar-refractivity contribution < 1.29 is 14.7 Å². The first-order valence-corrected chi connectivity index (χ1v) is 7.62. The highest BCUT2D eigenvalue weighted by Crippen LogP contribution is 2.28. The van der Waals surface area contributed by atoms with Gasteiger partial charge >= 0.3 is 5.97 Å². The second-order valence-electron chi connectivity index (χ2n) is 5.98.